The molecule has 0 radical (unpaired) electrons. The molecular formula is C14H18ClN5O. The summed E-state index contributed by atoms with van der Waals surface area (Å²) in [5, 5.41) is 10.5. The predicted octanol–water partition coefficient (Wildman–Crippen LogP) is 2.14. The standard InChI is InChI=1S/C14H18ClN5O/c1-4-16-13-12(15)5-10(6-17-13)14(21)18-7-11-8-20(3)19-9(11)2/h5-6,8H,4,7H2,1-3H3,(H,16,17)(H,18,21). The monoisotopic (exact) mass is 307 g/mol. The lowest BCUT2D eigenvalue weighted by Gasteiger charge is -2.08. The van der Waals surface area contributed by atoms with Gasteiger partial charge in [0, 0.05) is 38.1 Å². The number of aromatic nitrogens is 3. The van der Waals surface area contributed by atoms with Gasteiger partial charge < -0.3 is 10.6 Å². The van der Waals surface area contributed by atoms with Gasteiger partial charge in [-0.05, 0) is 19.9 Å². The van der Waals surface area contributed by atoms with Crippen LogP contribution in [0.1, 0.15) is 28.5 Å². The lowest BCUT2D eigenvalue weighted by Crippen LogP contribution is -2.23. The quantitative estimate of drug-likeness (QED) is 0.888. The largest absolute Gasteiger partial charge is 0.369 e. The Morgan fingerprint density at radius 1 is 1.48 bits per heavy atom. The Morgan fingerprint density at radius 2 is 2.24 bits per heavy atom. The first-order valence-electron chi connectivity index (χ1n) is 6.68. The lowest BCUT2D eigenvalue weighted by atomic mass is 10.2. The molecule has 112 valence electrons. The number of nitrogens with zero attached hydrogens (tertiary/aromatic N) is 3. The van der Waals surface area contributed by atoms with E-state index >= 15 is 0 Å². The van der Waals surface area contributed by atoms with E-state index in [1.54, 1.807) is 10.7 Å². The van der Waals surface area contributed by atoms with Gasteiger partial charge in [0.2, 0.25) is 0 Å². The number of pyridine rings is 1. The van der Waals surface area contributed by atoms with Crippen LogP contribution in [-0.2, 0) is 13.6 Å². The van der Waals surface area contributed by atoms with Gasteiger partial charge in [-0.2, -0.15) is 5.10 Å². The van der Waals surface area contributed by atoms with E-state index in [2.05, 4.69) is 20.7 Å². The molecule has 0 aromatic carbocycles. The van der Waals surface area contributed by atoms with Crippen molar-refractivity contribution in [3.63, 3.8) is 0 Å². The highest BCUT2D eigenvalue weighted by molar-refractivity contribution is 6.33. The normalized spacial score (nSPS) is 10.5. The van der Waals surface area contributed by atoms with E-state index in [-0.39, 0.29) is 5.91 Å². The number of anilines is 1. The number of carbonyl (C=O) groups excluding carboxylic acids is 1. The SMILES string of the molecule is CCNc1ncc(C(=O)NCc2cn(C)nc2C)cc1Cl. The van der Waals surface area contributed by atoms with Crippen molar-refractivity contribution in [2.75, 3.05) is 11.9 Å². The average molecular weight is 308 g/mol. The summed E-state index contributed by atoms with van der Waals surface area (Å²) < 4.78 is 1.72. The maximum absolute atomic E-state index is 12.1. The average Bonchev–Trinajstić information content (AvgIpc) is 2.76. The van der Waals surface area contributed by atoms with Crippen molar-refractivity contribution in [3.05, 3.63) is 40.3 Å². The molecule has 2 heterocycles. The third-order valence-corrected chi connectivity index (χ3v) is 3.29. The van der Waals surface area contributed by atoms with Crippen LogP contribution >= 0.6 is 11.6 Å². The Morgan fingerprint density at radius 3 is 2.81 bits per heavy atom. The molecule has 0 unspecified atom stereocenters. The molecule has 21 heavy (non-hydrogen) atoms. The van der Waals surface area contributed by atoms with E-state index in [4.69, 9.17) is 11.6 Å². The highest BCUT2D eigenvalue weighted by Crippen LogP contribution is 2.19. The van der Waals surface area contributed by atoms with Gasteiger partial charge in [0.1, 0.15) is 5.82 Å². The first-order valence-corrected chi connectivity index (χ1v) is 7.05. The van der Waals surface area contributed by atoms with E-state index in [1.807, 2.05) is 27.1 Å². The minimum Gasteiger partial charge on any atom is -0.369 e. The molecule has 0 saturated carbocycles. The number of halogens is 1. The van der Waals surface area contributed by atoms with Crippen LogP contribution in [0, 0.1) is 6.92 Å². The van der Waals surface area contributed by atoms with Crippen LogP contribution < -0.4 is 10.6 Å². The summed E-state index contributed by atoms with van der Waals surface area (Å²) in [5.41, 5.74) is 2.31. The van der Waals surface area contributed by atoms with E-state index < -0.39 is 0 Å². The fraction of sp³-hybridized carbons (Fsp3) is 0.357. The molecule has 1 amide bonds. The molecule has 0 aliphatic rings. The van der Waals surface area contributed by atoms with Gasteiger partial charge in [-0.25, -0.2) is 4.98 Å². The highest BCUT2D eigenvalue weighted by atomic mass is 35.5. The predicted molar refractivity (Wildman–Crippen MR) is 82.5 cm³/mol. The Bertz CT molecular complexity index is 653. The van der Waals surface area contributed by atoms with Gasteiger partial charge in [0.05, 0.1) is 16.3 Å². The maximum atomic E-state index is 12.1. The second kappa shape index (κ2) is 6.58. The molecule has 0 atom stereocenters. The molecule has 0 saturated heterocycles. The van der Waals surface area contributed by atoms with E-state index in [0.29, 0.717) is 22.9 Å². The van der Waals surface area contributed by atoms with Crippen LogP contribution in [0.4, 0.5) is 5.82 Å². The molecule has 2 aromatic rings. The van der Waals surface area contributed by atoms with E-state index in [9.17, 15) is 4.79 Å². The fourth-order valence-corrected chi connectivity index (χ4v) is 2.19. The van der Waals surface area contributed by atoms with Gasteiger partial charge in [-0.15, -0.1) is 0 Å². The number of amides is 1. The molecule has 2 N–H and O–H groups in total. The molecular weight excluding hydrogens is 290 g/mol. The third kappa shape index (κ3) is 3.72. The molecule has 0 aliphatic carbocycles. The molecule has 7 heteroatoms. The number of aryl methyl sites for hydroxylation is 2. The van der Waals surface area contributed by atoms with Crippen LogP contribution in [0.3, 0.4) is 0 Å². The van der Waals surface area contributed by atoms with Gasteiger partial charge >= 0.3 is 0 Å². The second-order valence-corrected chi connectivity index (χ2v) is 5.09. The number of hydrogen-bond acceptors (Lipinski definition) is 4. The summed E-state index contributed by atoms with van der Waals surface area (Å²) in [6, 6.07) is 1.61. The van der Waals surface area contributed by atoms with Crippen LogP contribution in [0.15, 0.2) is 18.5 Å². The molecule has 0 fully saturated rings. The molecule has 0 aliphatic heterocycles. The van der Waals surface area contributed by atoms with Crippen molar-refractivity contribution in [2.24, 2.45) is 7.05 Å². The van der Waals surface area contributed by atoms with Crippen molar-refractivity contribution in [1.82, 2.24) is 20.1 Å². The molecule has 6 nitrogen and oxygen atoms in total. The van der Waals surface area contributed by atoms with Gasteiger partial charge in [-0.3, -0.25) is 9.48 Å². The Kier molecular flexibility index (Phi) is 4.80. The van der Waals surface area contributed by atoms with Crippen LogP contribution in [0.2, 0.25) is 5.02 Å². The smallest absolute Gasteiger partial charge is 0.253 e. The first kappa shape index (κ1) is 15.3. The van der Waals surface area contributed by atoms with Gasteiger partial charge in [0.15, 0.2) is 0 Å². The van der Waals surface area contributed by atoms with Crippen molar-refractivity contribution < 1.29 is 4.79 Å². The number of carbonyl (C=O) groups is 1. The van der Waals surface area contributed by atoms with E-state index in [1.165, 1.54) is 6.20 Å². The summed E-state index contributed by atoms with van der Waals surface area (Å²) in [5.74, 6) is 0.370. The number of nitrogens with one attached hydrogen (secondary N) is 2. The van der Waals surface area contributed by atoms with Crippen molar-refractivity contribution in [2.45, 2.75) is 20.4 Å². The zero-order valence-corrected chi connectivity index (χ0v) is 13.0. The van der Waals surface area contributed by atoms with Crippen LogP contribution in [0.25, 0.3) is 0 Å². The molecule has 0 spiro atoms. The second-order valence-electron chi connectivity index (χ2n) is 4.68. The summed E-state index contributed by atoms with van der Waals surface area (Å²) >= 11 is 6.08. The maximum Gasteiger partial charge on any atom is 0.253 e. The fourth-order valence-electron chi connectivity index (χ4n) is 1.96. The summed E-state index contributed by atoms with van der Waals surface area (Å²) in [4.78, 5) is 16.2. The van der Waals surface area contributed by atoms with E-state index in [0.717, 1.165) is 17.8 Å². The van der Waals surface area contributed by atoms with Gasteiger partial charge in [0.25, 0.3) is 5.91 Å². The zero-order valence-electron chi connectivity index (χ0n) is 12.3. The van der Waals surface area contributed by atoms with Crippen molar-refractivity contribution in [3.8, 4) is 0 Å². The first-order chi connectivity index (χ1) is 10.0. The third-order valence-electron chi connectivity index (χ3n) is 3.00. The highest BCUT2D eigenvalue weighted by Gasteiger charge is 2.11. The zero-order chi connectivity index (χ0) is 15.4. The Hall–Kier alpha value is -2.08. The van der Waals surface area contributed by atoms with Gasteiger partial charge in [-0.1, -0.05) is 11.6 Å². The Balaban J connectivity index is 2.03. The summed E-state index contributed by atoms with van der Waals surface area (Å²) in [7, 11) is 1.85. The molecule has 2 aromatic heterocycles. The van der Waals surface area contributed by atoms with Crippen LogP contribution in [-0.4, -0.2) is 27.2 Å². The topological polar surface area (TPSA) is 71.8 Å². The molecule has 2 rings (SSSR count). The lowest BCUT2D eigenvalue weighted by molar-refractivity contribution is 0.0950. The molecule has 0 bridgehead atoms. The van der Waals surface area contributed by atoms with Crippen molar-refractivity contribution in [1.29, 1.82) is 0 Å². The number of rotatable bonds is 5. The van der Waals surface area contributed by atoms with Crippen molar-refractivity contribution >= 4 is 23.3 Å². The Labute approximate surface area is 128 Å². The van der Waals surface area contributed by atoms with Crippen LogP contribution in [0.5, 0.6) is 0 Å². The summed E-state index contributed by atoms with van der Waals surface area (Å²) in [6.45, 7) is 5.00. The number of hydrogen-bond donors (Lipinski definition) is 2. The summed E-state index contributed by atoms with van der Waals surface area (Å²) in [6.07, 6.45) is 3.39. The minimum absolute atomic E-state index is 0.212. The minimum atomic E-state index is -0.212.